The fraction of sp³-hybridized carbons (Fsp3) is 0.154. The van der Waals surface area contributed by atoms with Crippen molar-refractivity contribution in [2.24, 2.45) is 0 Å². The standard InChI is InChI=1S/C13H12N2O3/c1-2-18-13(17)12-10(7-15-8-11(12)16)9-3-5-14-6-4-9/h3-8,16H,2H2,1H3. The lowest BCUT2D eigenvalue weighted by Gasteiger charge is -2.09. The van der Waals surface area contributed by atoms with Crippen LogP contribution in [-0.2, 0) is 4.74 Å². The molecule has 92 valence electrons. The molecule has 0 atom stereocenters. The minimum absolute atomic E-state index is 0.123. The highest BCUT2D eigenvalue weighted by Gasteiger charge is 2.18. The molecule has 0 fully saturated rings. The predicted molar refractivity (Wildman–Crippen MR) is 65.1 cm³/mol. The van der Waals surface area contributed by atoms with Gasteiger partial charge in [0.15, 0.2) is 0 Å². The summed E-state index contributed by atoms with van der Waals surface area (Å²) < 4.78 is 4.93. The van der Waals surface area contributed by atoms with E-state index in [4.69, 9.17) is 4.74 Å². The fourth-order valence-electron chi connectivity index (χ4n) is 1.62. The first-order chi connectivity index (χ1) is 8.74. The number of carbonyl (C=O) groups excluding carboxylic acids is 1. The van der Waals surface area contributed by atoms with E-state index in [1.807, 2.05) is 0 Å². The molecule has 0 amide bonds. The minimum atomic E-state index is -0.566. The van der Waals surface area contributed by atoms with Crippen LogP contribution in [0.4, 0.5) is 0 Å². The number of ether oxygens (including phenoxy) is 1. The lowest BCUT2D eigenvalue weighted by molar-refractivity contribution is 0.0524. The van der Waals surface area contributed by atoms with Crippen LogP contribution in [0.15, 0.2) is 36.9 Å². The smallest absolute Gasteiger partial charge is 0.342 e. The highest BCUT2D eigenvalue weighted by atomic mass is 16.5. The summed E-state index contributed by atoms with van der Waals surface area (Å²) in [5.41, 5.74) is 1.39. The third-order valence-corrected chi connectivity index (χ3v) is 2.40. The molecule has 0 unspecified atom stereocenters. The largest absolute Gasteiger partial charge is 0.505 e. The van der Waals surface area contributed by atoms with Crippen LogP contribution in [-0.4, -0.2) is 27.7 Å². The van der Waals surface area contributed by atoms with E-state index in [0.717, 1.165) is 5.56 Å². The maximum Gasteiger partial charge on any atom is 0.342 e. The molecule has 2 rings (SSSR count). The first kappa shape index (κ1) is 12.0. The van der Waals surface area contributed by atoms with Gasteiger partial charge in [-0.05, 0) is 24.6 Å². The first-order valence-electron chi connectivity index (χ1n) is 5.48. The molecule has 0 aliphatic rings. The van der Waals surface area contributed by atoms with E-state index < -0.39 is 5.97 Å². The van der Waals surface area contributed by atoms with Gasteiger partial charge in [0.1, 0.15) is 11.3 Å². The van der Waals surface area contributed by atoms with Crippen LogP contribution in [0.5, 0.6) is 5.75 Å². The van der Waals surface area contributed by atoms with Crippen molar-refractivity contribution in [3.63, 3.8) is 0 Å². The number of carbonyl (C=O) groups is 1. The summed E-state index contributed by atoms with van der Waals surface area (Å²) in [6.45, 7) is 1.96. The summed E-state index contributed by atoms with van der Waals surface area (Å²) in [5.74, 6) is -0.757. The molecule has 1 N–H and O–H groups in total. The predicted octanol–water partition coefficient (Wildman–Crippen LogP) is 2.03. The summed E-state index contributed by atoms with van der Waals surface area (Å²) >= 11 is 0. The Hall–Kier alpha value is -2.43. The molecule has 0 aliphatic heterocycles. The second kappa shape index (κ2) is 5.27. The molecule has 0 aliphatic carbocycles. The van der Waals surface area contributed by atoms with E-state index in [-0.39, 0.29) is 17.9 Å². The molecule has 0 bridgehead atoms. The number of hydrogen-bond acceptors (Lipinski definition) is 5. The van der Waals surface area contributed by atoms with Gasteiger partial charge in [-0.2, -0.15) is 0 Å². The van der Waals surface area contributed by atoms with Crippen molar-refractivity contribution in [3.8, 4) is 16.9 Å². The van der Waals surface area contributed by atoms with E-state index in [0.29, 0.717) is 5.56 Å². The number of nitrogens with zero attached hydrogens (tertiary/aromatic N) is 2. The average Bonchev–Trinajstić information content (AvgIpc) is 2.39. The maximum absolute atomic E-state index is 11.8. The van der Waals surface area contributed by atoms with E-state index >= 15 is 0 Å². The molecule has 0 saturated heterocycles. The zero-order valence-corrected chi connectivity index (χ0v) is 9.83. The number of esters is 1. The molecule has 0 radical (unpaired) electrons. The Morgan fingerprint density at radius 3 is 2.67 bits per heavy atom. The van der Waals surface area contributed by atoms with Gasteiger partial charge in [0.2, 0.25) is 0 Å². The highest BCUT2D eigenvalue weighted by Crippen LogP contribution is 2.29. The molecule has 5 heteroatoms. The van der Waals surface area contributed by atoms with Crippen molar-refractivity contribution >= 4 is 5.97 Å². The number of aromatic nitrogens is 2. The van der Waals surface area contributed by atoms with Gasteiger partial charge in [-0.1, -0.05) is 0 Å². The van der Waals surface area contributed by atoms with Gasteiger partial charge >= 0.3 is 5.97 Å². The number of hydrogen-bond donors (Lipinski definition) is 1. The van der Waals surface area contributed by atoms with Gasteiger partial charge in [0.05, 0.1) is 12.8 Å². The molecule has 5 nitrogen and oxygen atoms in total. The van der Waals surface area contributed by atoms with E-state index in [1.165, 1.54) is 12.4 Å². The topological polar surface area (TPSA) is 72.3 Å². The normalized spacial score (nSPS) is 10.1. The molecule has 0 aromatic carbocycles. The van der Waals surface area contributed by atoms with E-state index in [1.54, 1.807) is 31.5 Å². The van der Waals surface area contributed by atoms with E-state index in [9.17, 15) is 9.90 Å². The molecular weight excluding hydrogens is 232 g/mol. The lowest BCUT2D eigenvalue weighted by atomic mass is 10.0. The van der Waals surface area contributed by atoms with Gasteiger partial charge in [0.25, 0.3) is 0 Å². The molecule has 2 aromatic heterocycles. The second-order valence-corrected chi connectivity index (χ2v) is 3.54. The van der Waals surface area contributed by atoms with Crippen LogP contribution in [0.3, 0.4) is 0 Å². The average molecular weight is 244 g/mol. The number of rotatable bonds is 3. The second-order valence-electron chi connectivity index (χ2n) is 3.54. The molecule has 2 aromatic rings. The van der Waals surface area contributed by atoms with Crippen molar-refractivity contribution in [1.29, 1.82) is 0 Å². The van der Waals surface area contributed by atoms with Crippen LogP contribution in [0.1, 0.15) is 17.3 Å². The van der Waals surface area contributed by atoms with Crippen LogP contribution in [0.25, 0.3) is 11.1 Å². The van der Waals surface area contributed by atoms with Crippen LogP contribution >= 0.6 is 0 Å². The molecular formula is C13H12N2O3. The zero-order chi connectivity index (χ0) is 13.0. The third kappa shape index (κ3) is 2.29. The van der Waals surface area contributed by atoms with Crippen molar-refractivity contribution in [2.75, 3.05) is 6.61 Å². The van der Waals surface area contributed by atoms with E-state index in [2.05, 4.69) is 9.97 Å². The quantitative estimate of drug-likeness (QED) is 0.836. The van der Waals surface area contributed by atoms with Gasteiger partial charge in [-0.25, -0.2) is 4.79 Å². The summed E-state index contributed by atoms with van der Waals surface area (Å²) in [6.07, 6.45) is 5.95. The van der Waals surface area contributed by atoms with Crippen molar-refractivity contribution in [1.82, 2.24) is 9.97 Å². The van der Waals surface area contributed by atoms with Crippen molar-refractivity contribution < 1.29 is 14.6 Å². The van der Waals surface area contributed by atoms with Gasteiger partial charge in [0, 0.05) is 24.2 Å². The van der Waals surface area contributed by atoms with Crippen molar-refractivity contribution in [2.45, 2.75) is 6.92 Å². The van der Waals surface area contributed by atoms with Crippen LogP contribution in [0.2, 0.25) is 0 Å². The zero-order valence-electron chi connectivity index (χ0n) is 9.83. The maximum atomic E-state index is 11.8. The Balaban J connectivity index is 2.55. The minimum Gasteiger partial charge on any atom is -0.505 e. The molecule has 18 heavy (non-hydrogen) atoms. The number of aromatic hydroxyl groups is 1. The van der Waals surface area contributed by atoms with Gasteiger partial charge in [-0.15, -0.1) is 0 Å². The highest BCUT2D eigenvalue weighted by molar-refractivity contribution is 5.99. The molecule has 2 heterocycles. The number of pyridine rings is 2. The fourth-order valence-corrected chi connectivity index (χ4v) is 1.62. The van der Waals surface area contributed by atoms with Gasteiger partial charge in [-0.3, -0.25) is 9.97 Å². The monoisotopic (exact) mass is 244 g/mol. The Labute approximate surface area is 104 Å². The Morgan fingerprint density at radius 2 is 2.00 bits per heavy atom. The van der Waals surface area contributed by atoms with Gasteiger partial charge < -0.3 is 9.84 Å². The summed E-state index contributed by atoms with van der Waals surface area (Å²) in [5, 5.41) is 9.77. The van der Waals surface area contributed by atoms with Crippen molar-refractivity contribution in [3.05, 3.63) is 42.5 Å². The summed E-state index contributed by atoms with van der Waals surface area (Å²) in [6, 6.07) is 3.47. The Morgan fingerprint density at radius 1 is 1.28 bits per heavy atom. The first-order valence-corrected chi connectivity index (χ1v) is 5.48. The SMILES string of the molecule is CCOC(=O)c1c(O)cncc1-c1ccncc1. The third-order valence-electron chi connectivity index (χ3n) is 2.40. The summed E-state index contributed by atoms with van der Waals surface area (Å²) in [4.78, 5) is 19.6. The lowest BCUT2D eigenvalue weighted by Crippen LogP contribution is -2.07. The Kier molecular flexibility index (Phi) is 3.52. The summed E-state index contributed by atoms with van der Waals surface area (Å²) in [7, 11) is 0. The van der Waals surface area contributed by atoms with Crippen LogP contribution in [0, 0.1) is 0 Å². The van der Waals surface area contributed by atoms with Crippen LogP contribution < -0.4 is 0 Å². The molecule has 0 spiro atoms. The molecule has 0 saturated carbocycles. The Bertz CT molecular complexity index is 555.